The molecule has 0 fully saturated rings. The van der Waals surface area contributed by atoms with E-state index in [1.165, 1.54) is 4.90 Å². The number of nitrogens with two attached hydrogens (primary N) is 1. The van der Waals surface area contributed by atoms with Crippen LogP contribution in [0, 0.1) is 5.92 Å². The number of amides is 1. The summed E-state index contributed by atoms with van der Waals surface area (Å²) >= 11 is 0. The van der Waals surface area contributed by atoms with Gasteiger partial charge in [-0.15, -0.1) is 0 Å². The van der Waals surface area contributed by atoms with Gasteiger partial charge in [-0.3, -0.25) is 4.79 Å². The molecule has 0 aromatic heterocycles. The van der Waals surface area contributed by atoms with Crippen LogP contribution >= 0.6 is 0 Å². The molecule has 0 radical (unpaired) electrons. The van der Waals surface area contributed by atoms with Crippen molar-refractivity contribution < 1.29 is 9.53 Å². The second kappa shape index (κ2) is 6.28. The molecule has 1 amide bonds. The highest BCUT2D eigenvalue weighted by atomic mass is 16.5. The molecule has 2 N–H and O–H groups in total. The third-order valence-electron chi connectivity index (χ3n) is 2.62. The SMILES string of the molecule is CC(C)CCOc1ccc(C(=O)N(C)C)cc1N. The van der Waals surface area contributed by atoms with E-state index >= 15 is 0 Å². The van der Waals surface area contributed by atoms with Gasteiger partial charge in [0.1, 0.15) is 5.75 Å². The predicted molar refractivity (Wildman–Crippen MR) is 73.8 cm³/mol. The van der Waals surface area contributed by atoms with Gasteiger partial charge in [0.25, 0.3) is 5.91 Å². The quantitative estimate of drug-likeness (QED) is 0.816. The van der Waals surface area contributed by atoms with Gasteiger partial charge in [0.05, 0.1) is 12.3 Å². The van der Waals surface area contributed by atoms with Gasteiger partial charge in [-0.05, 0) is 30.5 Å². The molecular weight excluding hydrogens is 228 g/mol. The molecular formula is C14H22N2O2. The summed E-state index contributed by atoms with van der Waals surface area (Å²) in [5.41, 5.74) is 6.96. The van der Waals surface area contributed by atoms with Gasteiger partial charge in [0.2, 0.25) is 0 Å². The first-order valence-electron chi connectivity index (χ1n) is 6.15. The summed E-state index contributed by atoms with van der Waals surface area (Å²) in [6.45, 7) is 4.93. The minimum Gasteiger partial charge on any atom is -0.491 e. The minimum atomic E-state index is -0.0598. The molecule has 100 valence electrons. The number of anilines is 1. The Kier molecular flexibility index (Phi) is 5.01. The Bertz CT molecular complexity index is 414. The van der Waals surface area contributed by atoms with E-state index in [1.54, 1.807) is 32.3 Å². The maximum Gasteiger partial charge on any atom is 0.253 e. The average Bonchev–Trinajstić information content (AvgIpc) is 2.29. The van der Waals surface area contributed by atoms with Crippen LogP contribution in [-0.4, -0.2) is 31.5 Å². The van der Waals surface area contributed by atoms with Crippen molar-refractivity contribution in [1.29, 1.82) is 0 Å². The van der Waals surface area contributed by atoms with Crippen molar-refractivity contribution in [2.24, 2.45) is 5.92 Å². The Morgan fingerprint density at radius 3 is 2.56 bits per heavy atom. The minimum absolute atomic E-state index is 0.0598. The molecule has 4 nitrogen and oxygen atoms in total. The highest BCUT2D eigenvalue weighted by Gasteiger charge is 2.10. The molecule has 0 saturated carbocycles. The third kappa shape index (κ3) is 3.95. The maximum absolute atomic E-state index is 11.7. The van der Waals surface area contributed by atoms with Gasteiger partial charge in [0, 0.05) is 19.7 Å². The highest BCUT2D eigenvalue weighted by molar-refractivity contribution is 5.95. The number of carbonyl (C=O) groups is 1. The van der Waals surface area contributed by atoms with Crippen LogP contribution in [-0.2, 0) is 0 Å². The van der Waals surface area contributed by atoms with E-state index in [0.29, 0.717) is 29.5 Å². The van der Waals surface area contributed by atoms with Crippen molar-refractivity contribution in [3.63, 3.8) is 0 Å². The Balaban J connectivity index is 2.71. The van der Waals surface area contributed by atoms with Gasteiger partial charge >= 0.3 is 0 Å². The van der Waals surface area contributed by atoms with Crippen LogP contribution in [0.25, 0.3) is 0 Å². The Morgan fingerprint density at radius 1 is 1.39 bits per heavy atom. The first-order chi connectivity index (χ1) is 8.41. The third-order valence-corrected chi connectivity index (χ3v) is 2.62. The van der Waals surface area contributed by atoms with Crippen LogP contribution in [0.4, 0.5) is 5.69 Å². The van der Waals surface area contributed by atoms with Crippen LogP contribution in [0.5, 0.6) is 5.75 Å². The lowest BCUT2D eigenvalue weighted by Gasteiger charge is -2.13. The van der Waals surface area contributed by atoms with Crippen molar-refractivity contribution in [3.8, 4) is 5.75 Å². The molecule has 1 rings (SSSR count). The number of benzene rings is 1. The van der Waals surface area contributed by atoms with Crippen LogP contribution in [0.1, 0.15) is 30.6 Å². The molecule has 0 saturated heterocycles. The van der Waals surface area contributed by atoms with Gasteiger partial charge in [0.15, 0.2) is 0 Å². The van der Waals surface area contributed by atoms with Crippen LogP contribution < -0.4 is 10.5 Å². The summed E-state index contributed by atoms with van der Waals surface area (Å²) in [6, 6.07) is 5.16. The molecule has 0 aliphatic carbocycles. The summed E-state index contributed by atoms with van der Waals surface area (Å²) in [5.74, 6) is 1.18. The fourth-order valence-corrected chi connectivity index (χ4v) is 1.48. The number of ether oxygens (including phenoxy) is 1. The smallest absolute Gasteiger partial charge is 0.253 e. The molecule has 1 aromatic rings. The molecule has 0 unspecified atom stereocenters. The second-order valence-corrected chi connectivity index (χ2v) is 4.98. The normalized spacial score (nSPS) is 10.5. The average molecular weight is 250 g/mol. The lowest BCUT2D eigenvalue weighted by molar-refractivity contribution is 0.0827. The lowest BCUT2D eigenvalue weighted by atomic mass is 10.1. The first kappa shape index (κ1) is 14.4. The number of rotatable bonds is 5. The molecule has 0 atom stereocenters. The molecule has 18 heavy (non-hydrogen) atoms. The van der Waals surface area contributed by atoms with Gasteiger partial charge in [-0.25, -0.2) is 0 Å². The van der Waals surface area contributed by atoms with Crippen molar-refractivity contribution in [3.05, 3.63) is 23.8 Å². The number of hydrogen-bond donors (Lipinski definition) is 1. The zero-order chi connectivity index (χ0) is 13.7. The lowest BCUT2D eigenvalue weighted by Crippen LogP contribution is -2.21. The number of nitrogen functional groups attached to an aromatic ring is 1. The maximum atomic E-state index is 11.7. The van der Waals surface area contributed by atoms with E-state index in [9.17, 15) is 4.79 Å². The summed E-state index contributed by atoms with van der Waals surface area (Å²) in [7, 11) is 3.43. The Morgan fingerprint density at radius 2 is 2.06 bits per heavy atom. The fraction of sp³-hybridized carbons (Fsp3) is 0.500. The van der Waals surface area contributed by atoms with Gasteiger partial charge in [-0.2, -0.15) is 0 Å². The van der Waals surface area contributed by atoms with Gasteiger partial charge < -0.3 is 15.4 Å². The van der Waals surface area contributed by atoms with Crippen LogP contribution in [0.15, 0.2) is 18.2 Å². The van der Waals surface area contributed by atoms with Crippen molar-refractivity contribution >= 4 is 11.6 Å². The molecule has 0 aliphatic heterocycles. The summed E-state index contributed by atoms with van der Waals surface area (Å²) in [4.78, 5) is 13.3. The number of carbonyl (C=O) groups excluding carboxylic acids is 1. The summed E-state index contributed by atoms with van der Waals surface area (Å²) in [5, 5.41) is 0. The summed E-state index contributed by atoms with van der Waals surface area (Å²) in [6.07, 6.45) is 0.984. The van der Waals surface area contributed by atoms with E-state index < -0.39 is 0 Å². The molecule has 0 spiro atoms. The number of nitrogens with zero attached hydrogens (tertiary/aromatic N) is 1. The predicted octanol–water partition coefficient (Wildman–Crippen LogP) is 2.40. The fourth-order valence-electron chi connectivity index (χ4n) is 1.48. The zero-order valence-corrected chi connectivity index (χ0v) is 11.6. The molecule has 0 heterocycles. The molecule has 1 aromatic carbocycles. The van der Waals surface area contributed by atoms with Gasteiger partial charge in [-0.1, -0.05) is 13.8 Å². The number of hydrogen-bond acceptors (Lipinski definition) is 3. The van der Waals surface area contributed by atoms with Crippen molar-refractivity contribution in [1.82, 2.24) is 4.90 Å². The van der Waals surface area contributed by atoms with E-state index in [2.05, 4.69) is 13.8 Å². The van der Waals surface area contributed by atoms with Crippen LogP contribution in [0.2, 0.25) is 0 Å². The molecule has 0 aliphatic rings. The second-order valence-electron chi connectivity index (χ2n) is 4.98. The molecule has 0 bridgehead atoms. The monoisotopic (exact) mass is 250 g/mol. The largest absolute Gasteiger partial charge is 0.491 e. The Hall–Kier alpha value is -1.71. The zero-order valence-electron chi connectivity index (χ0n) is 11.6. The Labute approximate surface area is 109 Å². The van der Waals surface area contributed by atoms with Crippen molar-refractivity contribution in [2.45, 2.75) is 20.3 Å². The van der Waals surface area contributed by atoms with E-state index in [4.69, 9.17) is 10.5 Å². The molecule has 4 heteroatoms. The first-order valence-corrected chi connectivity index (χ1v) is 6.15. The van der Waals surface area contributed by atoms with Crippen molar-refractivity contribution in [2.75, 3.05) is 26.4 Å². The van der Waals surface area contributed by atoms with Crippen LogP contribution in [0.3, 0.4) is 0 Å². The topological polar surface area (TPSA) is 55.6 Å². The van der Waals surface area contributed by atoms with E-state index in [0.717, 1.165) is 6.42 Å². The van der Waals surface area contributed by atoms with E-state index in [-0.39, 0.29) is 5.91 Å². The van der Waals surface area contributed by atoms with E-state index in [1.807, 2.05) is 0 Å². The standard InChI is InChI=1S/C14H22N2O2/c1-10(2)7-8-18-13-6-5-11(9-12(13)15)14(17)16(3)4/h5-6,9-10H,7-8,15H2,1-4H3. The highest BCUT2D eigenvalue weighted by Crippen LogP contribution is 2.23. The summed E-state index contributed by atoms with van der Waals surface area (Å²) < 4.78 is 5.59.